The van der Waals surface area contributed by atoms with Crippen molar-refractivity contribution in [2.45, 2.75) is 37.2 Å². The molecule has 0 spiro atoms. The Morgan fingerprint density at radius 2 is 1.89 bits per heavy atom. The number of fused-ring (bicyclic) bond motifs is 1. The number of nitrogens with one attached hydrogen (secondary N) is 1. The number of carboxylic acids is 1. The Kier molecular flexibility index (Phi) is 4.93. The largest absolute Gasteiger partial charge is 0.480 e. The van der Waals surface area contributed by atoms with Crippen LogP contribution < -0.4 is 9.62 Å². The third-order valence-electron chi connectivity index (χ3n) is 4.52. The van der Waals surface area contributed by atoms with Crippen molar-refractivity contribution in [3.63, 3.8) is 0 Å². The highest BCUT2D eigenvalue weighted by molar-refractivity contribution is 7.92. The Bertz CT molecular complexity index is 1000. The van der Waals surface area contributed by atoms with Crippen molar-refractivity contribution in [3.05, 3.63) is 59.7 Å². The van der Waals surface area contributed by atoms with E-state index in [9.17, 15) is 18.0 Å². The van der Waals surface area contributed by atoms with Crippen LogP contribution in [0.5, 0.6) is 0 Å². The molecule has 1 aliphatic rings. The number of sulfonamides is 1. The molecule has 2 aromatic carbocycles. The van der Waals surface area contributed by atoms with Gasteiger partial charge in [-0.15, -0.1) is 0 Å². The predicted octanol–water partition coefficient (Wildman–Crippen LogP) is 2.03. The molecule has 0 fully saturated rings. The number of rotatable bonds is 5. The summed E-state index contributed by atoms with van der Waals surface area (Å²) in [4.78, 5) is 23.1. The molecular formula is C19H20N2O5S. The number of amides is 1. The highest BCUT2D eigenvalue weighted by Crippen LogP contribution is 2.36. The van der Waals surface area contributed by atoms with Crippen molar-refractivity contribution < 1.29 is 23.1 Å². The molecule has 2 atom stereocenters. The fourth-order valence-electron chi connectivity index (χ4n) is 3.16. The van der Waals surface area contributed by atoms with Crippen LogP contribution in [0.4, 0.5) is 5.69 Å². The summed E-state index contributed by atoms with van der Waals surface area (Å²) in [6.45, 7) is 3.17. The van der Waals surface area contributed by atoms with Crippen molar-refractivity contribution in [2.75, 3.05) is 4.31 Å². The summed E-state index contributed by atoms with van der Waals surface area (Å²) in [6.07, 6.45) is 0.617. The second-order valence-corrected chi connectivity index (χ2v) is 8.36. The molecule has 2 aromatic rings. The highest BCUT2D eigenvalue weighted by atomic mass is 32.2. The van der Waals surface area contributed by atoms with Gasteiger partial charge >= 0.3 is 5.97 Å². The number of benzene rings is 2. The fraction of sp³-hybridized carbons (Fsp3) is 0.263. The molecule has 3 rings (SSSR count). The molecule has 0 saturated carbocycles. The van der Waals surface area contributed by atoms with Gasteiger partial charge in [-0.25, -0.2) is 8.42 Å². The monoisotopic (exact) mass is 388 g/mol. The Morgan fingerprint density at radius 3 is 2.59 bits per heavy atom. The number of carbonyl (C=O) groups excluding carboxylic acids is 1. The van der Waals surface area contributed by atoms with Crippen LogP contribution >= 0.6 is 0 Å². The summed E-state index contributed by atoms with van der Waals surface area (Å²) < 4.78 is 27.8. The van der Waals surface area contributed by atoms with Crippen LogP contribution in [-0.4, -0.2) is 37.5 Å². The van der Waals surface area contributed by atoms with Crippen molar-refractivity contribution in [1.82, 2.24) is 5.32 Å². The minimum atomic E-state index is -3.87. The molecule has 142 valence electrons. The highest BCUT2D eigenvalue weighted by Gasteiger charge is 2.36. The standard InChI is InChI=1S/C19H20N2O5S/c1-12-10-14-6-3-4-9-17(14)21(12)27(25,26)16-8-5-7-15(11-16)18(22)20-13(2)19(23)24/h3-9,11-13H,10H2,1-2H3,(H,20,22)(H,23,24)/t12?,13-/m0/s1. The molecule has 0 aliphatic carbocycles. The molecular weight excluding hydrogens is 368 g/mol. The van der Waals surface area contributed by atoms with Gasteiger partial charge in [0.1, 0.15) is 6.04 Å². The van der Waals surface area contributed by atoms with E-state index in [2.05, 4.69) is 5.32 Å². The zero-order valence-corrected chi connectivity index (χ0v) is 15.7. The average molecular weight is 388 g/mol. The van der Waals surface area contributed by atoms with Crippen molar-refractivity contribution in [3.8, 4) is 0 Å². The molecule has 0 saturated heterocycles. The van der Waals surface area contributed by atoms with Gasteiger partial charge in [-0.05, 0) is 50.1 Å². The molecule has 0 bridgehead atoms. The topological polar surface area (TPSA) is 104 Å². The number of aliphatic carboxylic acids is 1. The van der Waals surface area contributed by atoms with Crippen LogP contribution in [0.25, 0.3) is 0 Å². The van der Waals surface area contributed by atoms with Gasteiger partial charge in [0.15, 0.2) is 0 Å². The molecule has 1 aliphatic heterocycles. The molecule has 1 amide bonds. The maximum Gasteiger partial charge on any atom is 0.325 e. The van der Waals surface area contributed by atoms with Gasteiger partial charge in [0.2, 0.25) is 0 Å². The van der Waals surface area contributed by atoms with E-state index in [1.807, 2.05) is 19.1 Å². The second-order valence-electron chi connectivity index (χ2n) is 6.54. The zero-order chi connectivity index (χ0) is 19.8. The molecule has 1 unspecified atom stereocenters. The summed E-state index contributed by atoms with van der Waals surface area (Å²) in [5.41, 5.74) is 1.68. The lowest BCUT2D eigenvalue weighted by molar-refractivity contribution is -0.138. The van der Waals surface area contributed by atoms with Gasteiger partial charge in [0, 0.05) is 11.6 Å². The van der Waals surface area contributed by atoms with Crippen LogP contribution in [0.2, 0.25) is 0 Å². The van der Waals surface area contributed by atoms with Crippen LogP contribution in [0.15, 0.2) is 53.4 Å². The maximum absolute atomic E-state index is 13.2. The normalized spacial score (nSPS) is 17.3. The first-order valence-electron chi connectivity index (χ1n) is 8.48. The number of para-hydroxylation sites is 1. The van der Waals surface area contributed by atoms with Gasteiger partial charge in [-0.1, -0.05) is 24.3 Å². The van der Waals surface area contributed by atoms with E-state index < -0.39 is 27.9 Å². The molecule has 0 radical (unpaired) electrons. The maximum atomic E-state index is 13.2. The minimum absolute atomic E-state index is 0.0123. The molecule has 1 heterocycles. The van der Waals surface area contributed by atoms with Crippen LogP contribution in [0.3, 0.4) is 0 Å². The van der Waals surface area contributed by atoms with Crippen LogP contribution in [0, 0.1) is 0 Å². The summed E-state index contributed by atoms with van der Waals surface area (Å²) in [7, 11) is -3.87. The Morgan fingerprint density at radius 1 is 1.19 bits per heavy atom. The fourth-order valence-corrected chi connectivity index (χ4v) is 4.90. The van der Waals surface area contributed by atoms with Crippen molar-refractivity contribution in [1.29, 1.82) is 0 Å². The van der Waals surface area contributed by atoms with E-state index in [1.165, 1.54) is 35.5 Å². The van der Waals surface area contributed by atoms with E-state index in [4.69, 9.17) is 5.11 Å². The zero-order valence-electron chi connectivity index (χ0n) is 14.9. The average Bonchev–Trinajstić information content (AvgIpc) is 2.98. The lowest BCUT2D eigenvalue weighted by atomic mass is 10.1. The number of carboxylic acid groups (broad SMARTS) is 1. The Balaban J connectivity index is 1.95. The summed E-state index contributed by atoms with van der Waals surface area (Å²) in [5, 5.41) is 11.2. The van der Waals surface area contributed by atoms with Gasteiger partial charge in [-0.3, -0.25) is 13.9 Å². The third-order valence-corrected chi connectivity index (χ3v) is 6.44. The van der Waals surface area contributed by atoms with E-state index in [0.29, 0.717) is 12.1 Å². The van der Waals surface area contributed by atoms with Gasteiger partial charge in [0.05, 0.1) is 10.6 Å². The number of anilines is 1. The molecule has 27 heavy (non-hydrogen) atoms. The molecule has 7 nitrogen and oxygen atoms in total. The summed E-state index contributed by atoms with van der Waals surface area (Å²) >= 11 is 0. The SMILES string of the molecule is CC1Cc2ccccc2N1S(=O)(=O)c1cccc(C(=O)N[C@@H](C)C(=O)O)c1. The summed E-state index contributed by atoms with van der Waals surface area (Å²) in [6, 6.07) is 11.6. The number of hydrogen-bond acceptors (Lipinski definition) is 4. The number of hydrogen-bond donors (Lipinski definition) is 2. The van der Waals surface area contributed by atoms with E-state index in [0.717, 1.165) is 5.56 Å². The number of carbonyl (C=O) groups is 2. The first kappa shape index (κ1) is 18.9. The van der Waals surface area contributed by atoms with Gasteiger partial charge in [0.25, 0.3) is 15.9 Å². The molecule has 0 aromatic heterocycles. The first-order valence-corrected chi connectivity index (χ1v) is 9.92. The Labute approximate surface area is 157 Å². The minimum Gasteiger partial charge on any atom is -0.480 e. The Hall–Kier alpha value is -2.87. The summed E-state index contributed by atoms with van der Waals surface area (Å²) in [5.74, 6) is -1.81. The van der Waals surface area contributed by atoms with E-state index in [1.54, 1.807) is 12.1 Å². The van der Waals surface area contributed by atoms with Gasteiger partial charge < -0.3 is 10.4 Å². The quantitative estimate of drug-likeness (QED) is 0.816. The lowest BCUT2D eigenvalue weighted by Gasteiger charge is -2.24. The first-order chi connectivity index (χ1) is 12.7. The predicted molar refractivity (Wildman–Crippen MR) is 100 cm³/mol. The molecule has 8 heteroatoms. The third kappa shape index (κ3) is 3.52. The van der Waals surface area contributed by atoms with Gasteiger partial charge in [-0.2, -0.15) is 0 Å². The van der Waals surface area contributed by atoms with E-state index in [-0.39, 0.29) is 16.5 Å². The van der Waals surface area contributed by atoms with Crippen molar-refractivity contribution in [2.24, 2.45) is 0 Å². The van der Waals surface area contributed by atoms with E-state index >= 15 is 0 Å². The van der Waals surface area contributed by atoms with Crippen LogP contribution in [-0.2, 0) is 21.2 Å². The lowest BCUT2D eigenvalue weighted by Crippen LogP contribution is -2.38. The smallest absolute Gasteiger partial charge is 0.325 e. The number of nitrogens with zero attached hydrogens (tertiary/aromatic N) is 1. The second kappa shape index (κ2) is 7.03. The van der Waals surface area contributed by atoms with Crippen LogP contribution in [0.1, 0.15) is 29.8 Å². The molecule has 2 N–H and O–H groups in total. The van der Waals surface area contributed by atoms with Crippen molar-refractivity contribution >= 4 is 27.6 Å².